The number of hydrogen-bond donors (Lipinski definition) is 4. The molecule has 4 N–H and O–H groups in total. The van der Waals surface area contributed by atoms with Crippen LogP contribution in [0, 0.1) is 11.8 Å². The van der Waals surface area contributed by atoms with E-state index in [2.05, 4.69) is 34.9 Å². The second-order valence-electron chi connectivity index (χ2n) is 8.94. The van der Waals surface area contributed by atoms with Gasteiger partial charge >= 0.3 is 12.1 Å². The highest BCUT2D eigenvalue weighted by atomic mass is 16.5. The van der Waals surface area contributed by atoms with Crippen LogP contribution in [-0.4, -0.2) is 54.0 Å². The first-order chi connectivity index (χ1) is 16.5. The van der Waals surface area contributed by atoms with E-state index < -0.39 is 18.2 Å². The summed E-state index contributed by atoms with van der Waals surface area (Å²) < 4.78 is 5.57. The van der Waals surface area contributed by atoms with Crippen molar-refractivity contribution in [1.29, 1.82) is 0 Å². The van der Waals surface area contributed by atoms with E-state index in [9.17, 15) is 19.5 Å². The van der Waals surface area contributed by atoms with E-state index in [1.54, 1.807) is 0 Å². The molecular weight excluding hydrogens is 436 g/mol. The van der Waals surface area contributed by atoms with E-state index in [4.69, 9.17) is 9.84 Å². The lowest BCUT2D eigenvalue weighted by Crippen LogP contribution is -2.39. The van der Waals surface area contributed by atoms with Crippen molar-refractivity contribution in [3.63, 3.8) is 0 Å². The number of carbonyl (C=O) groups is 3. The molecular formula is C26H30N2O6. The number of nitrogens with one attached hydrogen (secondary N) is 2. The van der Waals surface area contributed by atoms with Crippen LogP contribution in [0.1, 0.15) is 42.7 Å². The molecule has 0 heterocycles. The molecule has 2 aliphatic rings. The van der Waals surface area contributed by atoms with Crippen molar-refractivity contribution in [3.05, 3.63) is 59.7 Å². The van der Waals surface area contributed by atoms with Crippen molar-refractivity contribution in [1.82, 2.24) is 10.6 Å². The van der Waals surface area contributed by atoms with Gasteiger partial charge in [0, 0.05) is 31.3 Å². The first kappa shape index (κ1) is 23.8. The number of alkyl carbamates (subject to hydrolysis) is 1. The Hall–Kier alpha value is -3.39. The molecule has 2 aromatic carbocycles. The van der Waals surface area contributed by atoms with E-state index in [1.807, 2.05) is 24.3 Å². The third kappa shape index (κ3) is 5.22. The minimum Gasteiger partial charge on any atom is -0.479 e. The predicted molar refractivity (Wildman–Crippen MR) is 125 cm³/mol. The number of rotatable bonds is 9. The second kappa shape index (κ2) is 10.7. The van der Waals surface area contributed by atoms with E-state index in [-0.39, 0.29) is 43.2 Å². The van der Waals surface area contributed by atoms with Crippen molar-refractivity contribution in [3.8, 4) is 11.1 Å². The average molecular weight is 467 g/mol. The van der Waals surface area contributed by atoms with Crippen molar-refractivity contribution < 1.29 is 29.3 Å². The Labute approximate surface area is 198 Å². The summed E-state index contributed by atoms with van der Waals surface area (Å²) in [6.45, 7) is 0.669. The summed E-state index contributed by atoms with van der Waals surface area (Å²) in [7, 11) is 0. The monoisotopic (exact) mass is 466 g/mol. The highest BCUT2D eigenvalue weighted by Crippen LogP contribution is 2.44. The van der Waals surface area contributed by atoms with Crippen molar-refractivity contribution in [2.24, 2.45) is 11.8 Å². The molecule has 8 nitrogen and oxygen atoms in total. The van der Waals surface area contributed by atoms with Crippen LogP contribution in [0.2, 0.25) is 0 Å². The Morgan fingerprint density at radius 2 is 1.62 bits per heavy atom. The Morgan fingerprint density at radius 1 is 0.971 bits per heavy atom. The highest BCUT2D eigenvalue weighted by molar-refractivity contribution is 5.80. The van der Waals surface area contributed by atoms with Crippen molar-refractivity contribution >= 4 is 18.0 Å². The molecule has 1 fully saturated rings. The fourth-order valence-corrected chi connectivity index (χ4v) is 5.08. The largest absolute Gasteiger partial charge is 0.479 e. The Bertz CT molecular complexity index is 1010. The van der Waals surface area contributed by atoms with Crippen LogP contribution in [-0.2, 0) is 14.3 Å². The lowest BCUT2D eigenvalue weighted by Gasteiger charge is -2.20. The minimum atomic E-state index is -1.49. The molecule has 180 valence electrons. The third-order valence-corrected chi connectivity index (χ3v) is 6.85. The molecule has 2 amide bonds. The predicted octanol–water partition coefficient (Wildman–Crippen LogP) is 2.89. The second-order valence-corrected chi connectivity index (χ2v) is 8.94. The number of amides is 2. The molecule has 0 bridgehead atoms. The SMILES string of the molecule is O=C(NC[C@@H]1CCC[C@@H]1C(=O)NCC[C@H](O)C(=O)O)OCC1c2ccccc2-c2ccccc21. The summed E-state index contributed by atoms with van der Waals surface area (Å²) in [5.41, 5.74) is 4.64. The summed E-state index contributed by atoms with van der Waals surface area (Å²) in [5, 5.41) is 23.6. The molecule has 2 aromatic rings. The highest BCUT2D eigenvalue weighted by Gasteiger charge is 2.33. The summed E-state index contributed by atoms with van der Waals surface area (Å²) in [6.07, 6.45) is 0.375. The van der Waals surface area contributed by atoms with E-state index in [0.29, 0.717) is 13.0 Å². The van der Waals surface area contributed by atoms with Crippen LogP contribution in [0.5, 0.6) is 0 Å². The number of hydrogen-bond acceptors (Lipinski definition) is 5. The van der Waals surface area contributed by atoms with Gasteiger partial charge in [0.1, 0.15) is 6.61 Å². The van der Waals surface area contributed by atoms with Gasteiger partial charge in [0.2, 0.25) is 5.91 Å². The lowest BCUT2D eigenvalue weighted by molar-refractivity contribution is -0.147. The fourth-order valence-electron chi connectivity index (χ4n) is 5.08. The number of aliphatic hydroxyl groups is 1. The molecule has 0 aromatic heterocycles. The zero-order valence-corrected chi connectivity index (χ0v) is 18.9. The van der Waals surface area contributed by atoms with Gasteiger partial charge in [0.25, 0.3) is 0 Å². The summed E-state index contributed by atoms with van der Waals surface area (Å²) in [4.78, 5) is 35.6. The molecule has 8 heteroatoms. The summed E-state index contributed by atoms with van der Waals surface area (Å²) in [6, 6.07) is 16.3. The Balaban J connectivity index is 1.26. The zero-order chi connectivity index (χ0) is 24.1. The van der Waals surface area contributed by atoms with E-state index in [0.717, 1.165) is 24.0 Å². The van der Waals surface area contributed by atoms with Crippen LogP contribution in [0.25, 0.3) is 11.1 Å². The lowest BCUT2D eigenvalue weighted by atomic mass is 9.95. The molecule has 0 unspecified atom stereocenters. The van der Waals surface area contributed by atoms with Crippen LogP contribution < -0.4 is 10.6 Å². The summed E-state index contributed by atoms with van der Waals surface area (Å²) >= 11 is 0. The molecule has 0 radical (unpaired) electrons. The molecule has 0 spiro atoms. The maximum absolute atomic E-state index is 12.5. The van der Waals surface area contributed by atoms with E-state index in [1.165, 1.54) is 11.1 Å². The molecule has 4 rings (SSSR count). The van der Waals surface area contributed by atoms with Gasteiger partial charge in [-0.25, -0.2) is 9.59 Å². The number of carboxylic acid groups (broad SMARTS) is 1. The maximum atomic E-state index is 12.5. The molecule has 34 heavy (non-hydrogen) atoms. The van der Waals surface area contributed by atoms with Crippen molar-refractivity contribution in [2.75, 3.05) is 19.7 Å². The average Bonchev–Trinajstić information content (AvgIpc) is 3.44. The van der Waals surface area contributed by atoms with Crippen LogP contribution >= 0.6 is 0 Å². The Kier molecular flexibility index (Phi) is 7.47. The number of aliphatic carboxylic acids is 1. The first-order valence-electron chi connectivity index (χ1n) is 11.7. The third-order valence-electron chi connectivity index (χ3n) is 6.85. The van der Waals surface area contributed by atoms with Crippen LogP contribution in [0.15, 0.2) is 48.5 Å². The van der Waals surface area contributed by atoms with Gasteiger partial charge in [-0.3, -0.25) is 4.79 Å². The quantitative estimate of drug-likeness (QED) is 0.450. The standard InChI is InChI=1S/C26H30N2O6/c29-23(25(31)32)12-13-27-24(30)17-11-5-6-16(17)14-28-26(33)34-15-22-20-9-3-1-7-18(20)19-8-2-4-10-21(19)22/h1-4,7-10,16-17,22-23,29H,5-6,11-15H2,(H,27,30)(H,28,33)(H,31,32)/t16-,17-,23-/m0/s1. The maximum Gasteiger partial charge on any atom is 0.407 e. The molecule has 1 saturated carbocycles. The van der Waals surface area contributed by atoms with Gasteiger partial charge < -0.3 is 25.6 Å². The number of carbonyl (C=O) groups excluding carboxylic acids is 2. The molecule has 2 aliphatic carbocycles. The zero-order valence-electron chi connectivity index (χ0n) is 18.9. The number of aliphatic hydroxyl groups excluding tert-OH is 1. The van der Waals surface area contributed by atoms with Gasteiger partial charge in [0.15, 0.2) is 6.10 Å². The number of fused-ring (bicyclic) bond motifs is 3. The molecule has 0 aliphatic heterocycles. The van der Waals surface area contributed by atoms with Gasteiger partial charge in [-0.1, -0.05) is 55.0 Å². The number of benzene rings is 2. The fraction of sp³-hybridized carbons (Fsp3) is 0.423. The smallest absolute Gasteiger partial charge is 0.407 e. The normalized spacial score (nSPS) is 19.7. The molecule has 3 atom stereocenters. The summed E-state index contributed by atoms with van der Waals surface area (Å²) in [5.74, 6) is -1.75. The number of carboxylic acids is 1. The number of ether oxygens (including phenoxy) is 1. The van der Waals surface area contributed by atoms with Gasteiger partial charge in [0.05, 0.1) is 0 Å². The minimum absolute atomic E-state index is 0.00937. The first-order valence-corrected chi connectivity index (χ1v) is 11.7. The van der Waals surface area contributed by atoms with E-state index >= 15 is 0 Å². The van der Waals surface area contributed by atoms with Gasteiger partial charge in [-0.15, -0.1) is 0 Å². The van der Waals surface area contributed by atoms with Crippen LogP contribution in [0.4, 0.5) is 4.79 Å². The Morgan fingerprint density at radius 3 is 2.26 bits per heavy atom. The van der Waals surface area contributed by atoms with Gasteiger partial charge in [-0.2, -0.15) is 0 Å². The van der Waals surface area contributed by atoms with Crippen molar-refractivity contribution in [2.45, 2.75) is 37.7 Å². The van der Waals surface area contributed by atoms with Crippen LogP contribution in [0.3, 0.4) is 0 Å². The topological polar surface area (TPSA) is 125 Å². The van der Waals surface area contributed by atoms with Gasteiger partial charge in [-0.05, 0) is 41.0 Å². The molecule has 0 saturated heterocycles.